The van der Waals surface area contributed by atoms with Crippen LogP contribution >= 0.6 is 0 Å². The molecule has 0 saturated carbocycles. The van der Waals surface area contributed by atoms with E-state index in [-0.39, 0.29) is 37.7 Å². The number of hydrogen-bond donors (Lipinski definition) is 1. The van der Waals surface area contributed by atoms with E-state index in [4.69, 9.17) is 9.47 Å². The van der Waals surface area contributed by atoms with Crippen LogP contribution in [0.15, 0.2) is 48.5 Å². The van der Waals surface area contributed by atoms with E-state index in [1.807, 2.05) is 38.1 Å². The summed E-state index contributed by atoms with van der Waals surface area (Å²) in [4.78, 5) is 28.1. The molecule has 0 aromatic heterocycles. The van der Waals surface area contributed by atoms with Crippen molar-refractivity contribution in [1.82, 2.24) is 10.2 Å². The fourth-order valence-electron chi connectivity index (χ4n) is 4.12. The first-order valence-corrected chi connectivity index (χ1v) is 14.8. The van der Waals surface area contributed by atoms with Gasteiger partial charge in [-0.3, -0.25) is 13.9 Å². The number of methoxy groups -OCH3 is 2. The number of amides is 2. The zero-order chi connectivity index (χ0) is 28.1. The number of nitrogens with zero attached hydrogens (tertiary/aromatic N) is 2. The summed E-state index contributed by atoms with van der Waals surface area (Å²) >= 11 is 0. The van der Waals surface area contributed by atoms with Crippen molar-refractivity contribution < 1.29 is 27.5 Å². The lowest BCUT2D eigenvalue weighted by atomic mass is 10.1. The minimum absolute atomic E-state index is 0.0882. The lowest BCUT2D eigenvalue weighted by Crippen LogP contribution is -2.49. The van der Waals surface area contributed by atoms with E-state index >= 15 is 0 Å². The van der Waals surface area contributed by atoms with Crippen molar-refractivity contribution in [2.75, 3.05) is 37.9 Å². The van der Waals surface area contributed by atoms with Crippen LogP contribution in [0.4, 0.5) is 5.69 Å². The van der Waals surface area contributed by atoms with E-state index in [0.717, 1.165) is 24.7 Å². The number of sulfonamides is 1. The van der Waals surface area contributed by atoms with Crippen molar-refractivity contribution in [2.24, 2.45) is 0 Å². The normalized spacial score (nSPS) is 11.9. The van der Waals surface area contributed by atoms with Crippen LogP contribution in [-0.4, -0.2) is 64.7 Å². The zero-order valence-electron chi connectivity index (χ0n) is 23.1. The number of nitrogens with one attached hydrogen (secondary N) is 1. The number of benzene rings is 2. The van der Waals surface area contributed by atoms with E-state index in [1.54, 1.807) is 36.3 Å². The van der Waals surface area contributed by atoms with Gasteiger partial charge in [0.1, 0.15) is 17.5 Å². The molecule has 1 unspecified atom stereocenters. The van der Waals surface area contributed by atoms with Crippen LogP contribution in [0.5, 0.6) is 11.5 Å². The molecule has 0 aliphatic heterocycles. The molecule has 0 saturated heterocycles. The number of rotatable bonds is 16. The molecule has 0 spiro atoms. The zero-order valence-corrected chi connectivity index (χ0v) is 23.9. The van der Waals surface area contributed by atoms with E-state index in [0.29, 0.717) is 30.2 Å². The number of unbranched alkanes of at least 4 members (excludes halogenated alkanes) is 1. The second kappa shape index (κ2) is 15.2. The molecule has 38 heavy (non-hydrogen) atoms. The molecule has 2 rings (SSSR count). The van der Waals surface area contributed by atoms with Crippen molar-refractivity contribution in [3.63, 3.8) is 0 Å². The Kier molecular flexibility index (Phi) is 12.4. The molecule has 10 heteroatoms. The first-order valence-electron chi connectivity index (χ1n) is 13.0. The summed E-state index contributed by atoms with van der Waals surface area (Å²) in [6, 6.07) is 13.5. The maximum Gasteiger partial charge on any atom is 0.242 e. The third-order valence-corrected chi connectivity index (χ3v) is 7.41. The molecule has 0 heterocycles. The second-order valence-electron chi connectivity index (χ2n) is 9.08. The van der Waals surface area contributed by atoms with Gasteiger partial charge in [-0.2, -0.15) is 0 Å². The highest BCUT2D eigenvalue weighted by Crippen LogP contribution is 2.24. The van der Waals surface area contributed by atoms with Crippen molar-refractivity contribution in [1.29, 1.82) is 0 Å². The molecule has 0 fully saturated rings. The van der Waals surface area contributed by atoms with Crippen molar-refractivity contribution in [3.8, 4) is 11.5 Å². The summed E-state index contributed by atoms with van der Waals surface area (Å²) in [6.07, 6.45) is 3.79. The Morgan fingerprint density at radius 1 is 0.974 bits per heavy atom. The molecule has 0 aliphatic carbocycles. The Balaban J connectivity index is 2.21. The molecule has 1 N–H and O–H groups in total. The standard InChI is InChI=1S/C28H41N3O6S/c1-6-8-18-29-28(33)26(7-2)30(21-22-14-16-24(36-3)17-15-22)27(32)13-10-19-31(38(5,34)35)23-11-9-12-25(20-23)37-4/h9,11-12,14-17,20,26H,6-8,10,13,18-19,21H2,1-5H3,(H,29,33). The molecule has 210 valence electrons. The number of hydrogen-bond acceptors (Lipinski definition) is 6. The Labute approximate surface area is 227 Å². The Morgan fingerprint density at radius 2 is 1.66 bits per heavy atom. The minimum atomic E-state index is -3.59. The molecule has 0 bridgehead atoms. The summed E-state index contributed by atoms with van der Waals surface area (Å²) < 4.78 is 36.8. The number of carbonyl (C=O) groups is 2. The van der Waals surface area contributed by atoms with Crippen LogP contribution in [0.25, 0.3) is 0 Å². The average molecular weight is 548 g/mol. The maximum absolute atomic E-state index is 13.5. The van der Waals surface area contributed by atoms with Gasteiger partial charge in [-0.25, -0.2) is 8.42 Å². The van der Waals surface area contributed by atoms with Crippen molar-refractivity contribution in [2.45, 2.75) is 58.5 Å². The highest BCUT2D eigenvalue weighted by Gasteiger charge is 2.28. The van der Waals surface area contributed by atoms with E-state index < -0.39 is 16.1 Å². The van der Waals surface area contributed by atoms with Crippen LogP contribution in [0.1, 0.15) is 51.5 Å². The largest absolute Gasteiger partial charge is 0.497 e. The number of ether oxygens (including phenoxy) is 2. The second-order valence-corrected chi connectivity index (χ2v) is 11.0. The summed E-state index contributed by atoms with van der Waals surface area (Å²) in [5.74, 6) is 0.849. The van der Waals surface area contributed by atoms with Crippen LogP contribution in [0, 0.1) is 0 Å². The smallest absolute Gasteiger partial charge is 0.242 e. The van der Waals surface area contributed by atoms with Crippen LogP contribution < -0.4 is 19.1 Å². The van der Waals surface area contributed by atoms with E-state index in [9.17, 15) is 18.0 Å². The lowest BCUT2D eigenvalue weighted by Gasteiger charge is -2.31. The third kappa shape index (κ3) is 9.24. The topological polar surface area (TPSA) is 105 Å². The van der Waals surface area contributed by atoms with E-state index in [1.165, 1.54) is 11.4 Å². The molecule has 2 aromatic rings. The third-order valence-electron chi connectivity index (χ3n) is 6.22. The highest BCUT2D eigenvalue weighted by molar-refractivity contribution is 7.92. The first-order chi connectivity index (χ1) is 18.1. The van der Waals surface area contributed by atoms with Gasteiger partial charge in [-0.15, -0.1) is 0 Å². The van der Waals surface area contributed by atoms with Gasteiger partial charge in [-0.05, 0) is 49.1 Å². The molecule has 0 aliphatic rings. The van der Waals surface area contributed by atoms with Gasteiger partial charge >= 0.3 is 0 Å². The molecule has 0 radical (unpaired) electrons. The van der Waals surface area contributed by atoms with Crippen LogP contribution in [-0.2, 0) is 26.2 Å². The predicted molar refractivity (Wildman–Crippen MR) is 150 cm³/mol. The molecule has 2 aromatic carbocycles. The van der Waals surface area contributed by atoms with Gasteiger partial charge in [0, 0.05) is 32.1 Å². The quantitative estimate of drug-likeness (QED) is 0.319. The average Bonchev–Trinajstić information content (AvgIpc) is 2.90. The predicted octanol–water partition coefficient (Wildman–Crippen LogP) is 3.97. The van der Waals surface area contributed by atoms with Crippen LogP contribution in [0.3, 0.4) is 0 Å². The van der Waals surface area contributed by atoms with Crippen molar-refractivity contribution in [3.05, 3.63) is 54.1 Å². The van der Waals surface area contributed by atoms with Crippen molar-refractivity contribution >= 4 is 27.5 Å². The molecule has 9 nitrogen and oxygen atoms in total. The lowest BCUT2D eigenvalue weighted by molar-refractivity contribution is -0.141. The Morgan fingerprint density at radius 3 is 2.24 bits per heavy atom. The van der Waals surface area contributed by atoms with E-state index in [2.05, 4.69) is 5.32 Å². The maximum atomic E-state index is 13.5. The summed E-state index contributed by atoms with van der Waals surface area (Å²) in [5.41, 5.74) is 1.34. The molecule has 2 amide bonds. The van der Waals surface area contributed by atoms with Gasteiger partial charge in [0.05, 0.1) is 26.2 Å². The van der Waals surface area contributed by atoms with Gasteiger partial charge in [0.25, 0.3) is 0 Å². The van der Waals surface area contributed by atoms with Gasteiger partial charge in [-0.1, -0.05) is 38.5 Å². The highest BCUT2D eigenvalue weighted by atomic mass is 32.2. The Hall–Kier alpha value is -3.27. The summed E-state index contributed by atoms with van der Waals surface area (Å²) in [6.45, 7) is 4.86. The molecular weight excluding hydrogens is 506 g/mol. The SMILES string of the molecule is CCCCNC(=O)C(CC)N(Cc1ccc(OC)cc1)C(=O)CCCN(c1cccc(OC)c1)S(C)(=O)=O. The number of anilines is 1. The molecule has 1 atom stereocenters. The summed E-state index contributed by atoms with van der Waals surface area (Å²) in [5, 5.41) is 2.95. The van der Waals surface area contributed by atoms with Gasteiger partial charge in [0.15, 0.2) is 0 Å². The monoisotopic (exact) mass is 547 g/mol. The number of carbonyl (C=O) groups excluding carboxylic acids is 2. The Bertz CT molecular complexity index is 1140. The van der Waals surface area contributed by atoms with Gasteiger partial charge < -0.3 is 19.7 Å². The van der Waals surface area contributed by atoms with Gasteiger partial charge in [0.2, 0.25) is 21.8 Å². The molecular formula is C28H41N3O6S. The fraction of sp³-hybridized carbons (Fsp3) is 0.500. The van der Waals surface area contributed by atoms with Crippen LogP contribution in [0.2, 0.25) is 0 Å². The summed E-state index contributed by atoms with van der Waals surface area (Å²) in [7, 11) is -0.483. The fourth-order valence-corrected chi connectivity index (χ4v) is 5.08. The first kappa shape index (κ1) is 31.0. The minimum Gasteiger partial charge on any atom is -0.497 e.